The van der Waals surface area contributed by atoms with E-state index in [1.807, 2.05) is 60.9 Å². The van der Waals surface area contributed by atoms with Crippen LogP contribution in [0.4, 0.5) is 5.69 Å². The van der Waals surface area contributed by atoms with E-state index in [1.54, 1.807) is 0 Å². The fourth-order valence-electron chi connectivity index (χ4n) is 4.26. The maximum Gasteiger partial charge on any atom is 0.269 e. The van der Waals surface area contributed by atoms with E-state index in [0.717, 1.165) is 32.9 Å². The molecule has 0 aliphatic carbocycles. The molecule has 0 aliphatic rings. The Morgan fingerprint density at radius 1 is 0.811 bits per heavy atom. The number of aromatic nitrogens is 5. The molecular formula is C27H18N6O3S. The minimum Gasteiger partial charge on any atom is -0.360 e. The summed E-state index contributed by atoms with van der Waals surface area (Å²) in [5.74, 6) is -0.114. The molecule has 3 heterocycles. The van der Waals surface area contributed by atoms with Crippen LogP contribution in [-0.4, -0.2) is 41.6 Å². The Morgan fingerprint density at radius 2 is 1.41 bits per heavy atom. The Kier molecular flexibility index (Phi) is 5.70. The lowest BCUT2D eigenvalue weighted by atomic mass is 10.0. The lowest BCUT2D eigenvalue weighted by Crippen LogP contribution is -2.05. The molecule has 180 valence electrons. The van der Waals surface area contributed by atoms with Crippen LogP contribution < -0.4 is 0 Å². The third-order valence-electron chi connectivity index (χ3n) is 6.09. The summed E-state index contributed by atoms with van der Waals surface area (Å²) in [6, 6.07) is 21.5. The second-order valence-corrected chi connectivity index (χ2v) is 9.25. The number of nitrogens with zero attached hydrogens (tertiary/aromatic N) is 4. The molecule has 0 fully saturated rings. The first-order chi connectivity index (χ1) is 18.1. The first-order valence-corrected chi connectivity index (χ1v) is 12.4. The molecule has 2 N–H and O–H groups in total. The number of nitrogens with one attached hydrogen (secondary N) is 2. The van der Waals surface area contributed by atoms with E-state index in [1.165, 1.54) is 36.0 Å². The first kappa shape index (κ1) is 22.6. The predicted octanol–water partition coefficient (Wildman–Crippen LogP) is 6.05. The number of para-hydroxylation sites is 2. The Hall–Kier alpha value is -4.83. The number of ketones is 1. The summed E-state index contributed by atoms with van der Waals surface area (Å²) in [5, 5.41) is 22.1. The van der Waals surface area contributed by atoms with Crippen molar-refractivity contribution in [3.8, 4) is 22.5 Å². The van der Waals surface area contributed by atoms with Gasteiger partial charge in [0.25, 0.3) is 5.69 Å². The molecular weight excluding hydrogens is 488 g/mol. The van der Waals surface area contributed by atoms with Crippen molar-refractivity contribution in [2.45, 2.75) is 5.16 Å². The van der Waals surface area contributed by atoms with Crippen LogP contribution in [0.3, 0.4) is 0 Å². The maximum absolute atomic E-state index is 12.7. The largest absolute Gasteiger partial charge is 0.360 e. The molecule has 0 saturated heterocycles. The Morgan fingerprint density at radius 3 is 2.03 bits per heavy atom. The zero-order chi connectivity index (χ0) is 25.4. The number of benzene rings is 3. The normalized spacial score (nSPS) is 11.2. The summed E-state index contributed by atoms with van der Waals surface area (Å²) in [6.45, 7) is 0. The van der Waals surface area contributed by atoms with Crippen LogP contribution >= 0.6 is 11.8 Å². The van der Waals surface area contributed by atoms with Gasteiger partial charge in [-0.15, -0.1) is 10.2 Å². The number of Topliss-reactive ketones (excluding diaryl/α,β-unsaturated/α-hetero) is 1. The second-order valence-electron chi connectivity index (χ2n) is 8.30. The van der Waals surface area contributed by atoms with Gasteiger partial charge in [0, 0.05) is 63.0 Å². The fourth-order valence-corrected chi connectivity index (χ4v) is 4.94. The van der Waals surface area contributed by atoms with Crippen molar-refractivity contribution >= 4 is 45.0 Å². The number of rotatable bonds is 7. The SMILES string of the molecule is O=C(CSc1nnc(-c2c[nH]c3ccccc23)c(-c2c[nH]c3ccccc23)n1)c1ccc([N+](=O)[O-])cc1. The average Bonchev–Trinajstić information content (AvgIpc) is 3.56. The molecule has 0 spiro atoms. The van der Waals surface area contributed by atoms with Gasteiger partial charge in [0.2, 0.25) is 5.16 Å². The third kappa shape index (κ3) is 4.23. The third-order valence-corrected chi connectivity index (χ3v) is 6.93. The molecule has 0 saturated carbocycles. The number of hydrogen-bond donors (Lipinski definition) is 2. The predicted molar refractivity (Wildman–Crippen MR) is 143 cm³/mol. The van der Waals surface area contributed by atoms with E-state index >= 15 is 0 Å². The van der Waals surface area contributed by atoms with Crippen LogP contribution in [0.5, 0.6) is 0 Å². The maximum atomic E-state index is 12.7. The van der Waals surface area contributed by atoms with Gasteiger partial charge < -0.3 is 9.97 Å². The van der Waals surface area contributed by atoms with Crippen LogP contribution in [0.1, 0.15) is 10.4 Å². The molecule has 10 heteroatoms. The first-order valence-electron chi connectivity index (χ1n) is 11.4. The van der Waals surface area contributed by atoms with E-state index in [9.17, 15) is 14.9 Å². The van der Waals surface area contributed by atoms with Gasteiger partial charge in [0.05, 0.1) is 10.7 Å². The minimum absolute atomic E-state index is 0.0621. The van der Waals surface area contributed by atoms with Crippen molar-refractivity contribution in [1.29, 1.82) is 0 Å². The van der Waals surface area contributed by atoms with E-state index in [2.05, 4.69) is 20.2 Å². The summed E-state index contributed by atoms with van der Waals surface area (Å²) >= 11 is 1.17. The Labute approximate surface area is 214 Å². The summed E-state index contributed by atoms with van der Waals surface area (Å²) in [7, 11) is 0. The molecule has 6 rings (SSSR count). The van der Waals surface area contributed by atoms with Crippen molar-refractivity contribution < 1.29 is 9.72 Å². The molecule has 0 radical (unpaired) electrons. The van der Waals surface area contributed by atoms with Crippen molar-refractivity contribution in [2.24, 2.45) is 0 Å². The van der Waals surface area contributed by atoms with Gasteiger partial charge in [0.1, 0.15) is 11.4 Å². The number of hydrogen-bond acceptors (Lipinski definition) is 7. The number of thioether (sulfide) groups is 1. The molecule has 37 heavy (non-hydrogen) atoms. The highest BCUT2D eigenvalue weighted by molar-refractivity contribution is 7.99. The number of fused-ring (bicyclic) bond motifs is 2. The summed E-state index contributed by atoms with van der Waals surface area (Å²) in [6.07, 6.45) is 3.81. The van der Waals surface area contributed by atoms with Gasteiger partial charge in [-0.25, -0.2) is 4.98 Å². The standard InChI is InChI=1S/C27H18N6O3S/c34-24(16-9-11-17(12-10-16)33(35)36)15-37-27-30-25(20-13-28-22-7-3-1-5-18(20)22)26(31-32-27)21-14-29-23-8-4-2-6-19(21)23/h1-14,28-29H,15H2. The Bertz CT molecular complexity index is 1790. The molecule has 0 bridgehead atoms. The number of carbonyl (C=O) groups is 1. The summed E-state index contributed by atoms with van der Waals surface area (Å²) in [4.78, 5) is 34.5. The van der Waals surface area contributed by atoms with E-state index < -0.39 is 4.92 Å². The number of aromatic amines is 2. The molecule has 0 amide bonds. The molecule has 0 unspecified atom stereocenters. The highest BCUT2D eigenvalue weighted by Crippen LogP contribution is 2.37. The van der Waals surface area contributed by atoms with E-state index in [-0.39, 0.29) is 17.2 Å². The number of carbonyl (C=O) groups excluding carboxylic acids is 1. The van der Waals surface area contributed by atoms with Gasteiger partial charge in [-0.05, 0) is 24.3 Å². The van der Waals surface area contributed by atoms with Crippen LogP contribution in [-0.2, 0) is 0 Å². The zero-order valence-electron chi connectivity index (χ0n) is 19.2. The van der Waals surface area contributed by atoms with Crippen molar-refractivity contribution in [3.05, 3.63) is 101 Å². The lowest BCUT2D eigenvalue weighted by Gasteiger charge is -2.08. The molecule has 0 atom stereocenters. The molecule has 9 nitrogen and oxygen atoms in total. The van der Waals surface area contributed by atoms with Crippen LogP contribution in [0.2, 0.25) is 0 Å². The fraction of sp³-hybridized carbons (Fsp3) is 0.0370. The number of nitro groups is 1. The zero-order valence-corrected chi connectivity index (χ0v) is 20.0. The number of non-ortho nitro benzene ring substituents is 1. The summed E-state index contributed by atoms with van der Waals surface area (Å²) < 4.78 is 0. The van der Waals surface area contributed by atoms with Gasteiger partial charge in [-0.1, -0.05) is 48.2 Å². The smallest absolute Gasteiger partial charge is 0.269 e. The van der Waals surface area contributed by atoms with Gasteiger partial charge in [-0.3, -0.25) is 14.9 Å². The van der Waals surface area contributed by atoms with Gasteiger partial charge in [0.15, 0.2) is 5.78 Å². The summed E-state index contributed by atoms with van der Waals surface area (Å²) in [5.41, 5.74) is 5.34. The number of nitro benzene ring substituents is 1. The average molecular weight is 507 g/mol. The monoisotopic (exact) mass is 506 g/mol. The topological polar surface area (TPSA) is 130 Å². The van der Waals surface area contributed by atoms with Gasteiger partial charge in [-0.2, -0.15) is 0 Å². The van der Waals surface area contributed by atoms with Crippen molar-refractivity contribution in [1.82, 2.24) is 25.1 Å². The Balaban J connectivity index is 1.37. The van der Waals surface area contributed by atoms with Crippen LogP contribution in [0, 0.1) is 10.1 Å². The van der Waals surface area contributed by atoms with E-state index in [0.29, 0.717) is 22.1 Å². The van der Waals surface area contributed by atoms with Crippen LogP contribution in [0.15, 0.2) is 90.3 Å². The van der Waals surface area contributed by atoms with Gasteiger partial charge >= 0.3 is 0 Å². The highest BCUT2D eigenvalue weighted by Gasteiger charge is 2.20. The molecule has 0 aliphatic heterocycles. The van der Waals surface area contributed by atoms with Crippen molar-refractivity contribution in [2.75, 3.05) is 5.75 Å². The minimum atomic E-state index is -0.496. The van der Waals surface area contributed by atoms with Crippen molar-refractivity contribution in [3.63, 3.8) is 0 Å². The quantitative estimate of drug-likeness (QED) is 0.117. The van der Waals surface area contributed by atoms with E-state index in [4.69, 9.17) is 4.98 Å². The molecule has 3 aromatic heterocycles. The van der Waals surface area contributed by atoms with Crippen LogP contribution in [0.25, 0.3) is 44.3 Å². The second kappa shape index (κ2) is 9.32. The molecule has 6 aromatic rings. The number of H-pyrrole nitrogens is 2. The highest BCUT2D eigenvalue weighted by atomic mass is 32.2. The molecule has 3 aromatic carbocycles. The lowest BCUT2D eigenvalue weighted by molar-refractivity contribution is -0.384.